The molecule has 0 aliphatic heterocycles. The maximum atomic E-state index is 12.2. The summed E-state index contributed by atoms with van der Waals surface area (Å²) in [5, 5.41) is 2.87. The van der Waals surface area contributed by atoms with E-state index in [1.54, 1.807) is 0 Å². The van der Waals surface area contributed by atoms with Gasteiger partial charge in [0.25, 0.3) is 5.91 Å². The zero-order valence-corrected chi connectivity index (χ0v) is 17.7. The van der Waals surface area contributed by atoms with Crippen molar-refractivity contribution in [3.8, 4) is 5.75 Å². The van der Waals surface area contributed by atoms with Crippen LogP contribution in [0.3, 0.4) is 0 Å². The number of amides is 1. The summed E-state index contributed by atoms with van der Waals surface area (Å²) in [6, 6.07) is 8.52. The van der Waals surface area contributed by atoms with Crippen LogP contribution >= 0.6 is 0 Å². The molecule has 0 unspecified atom stereocenters. The number of carbonyl (C=O) groups is 1. The summed E-state index contributed by atoms with van der Waals surface area (Å²) in [5.74, 6) is 1.64. The molecule has 6 nitrogen and oxygen atoms in total. The van der Waals surface area contributed by atoms with Crippen molar-refractivity contribution < 1.29 is 13.9 Å². The summed E-state index contributed by atoms with van der Waals surface area (Å²) in [4.78, 5) is 18.8. The third kappa shape index (κ3) is 6.68. The minimum absolute atomic E-state index is 0.190. The predicted octanol–water partition coefficient (Wildman–Crippen LogP) is 4.26. The lowest BCUT2D eigenvalue weighted by molar-refractivity contribution is 0.0944. The molecule has 154 valence electrons. The lowest BCUT2D eigenvalue weighted by Gasteiger charge is -2.27. The first kappa shape index (κ1) is 22.0. The molecule has 0 fully saturated rings. The van der Waals surface area contributed by atoms with E-state index in [9.17, 15) is 4.79 Å². The van der Waals surface area contributed by atoms with Crippen LogP contribution in [0.5, 0.6) is 5.75 Å². The molecule has 0 bridgehead atoms. The van der Waals surface area contributed by atoms with Gasteiger partial charge in [0.05, 0.1) is 13.2 Å². The number of aromatic nitrogens is 1. The summed E-state index contributed by atoms with van der Waals surface area (Å²) in [7, 11) is 0. The molecule has 2 aromatic rings. The van der Waals surface area contributed by atoms with Crippen LogP contribution < -0.4 is 10.1 Å². The van der Waals surface area contributed by atoms with Crippen LogP contribution in [-0.2, 0) is 13.1 Å². The number of oxazole rings is 1. The van der Waals surface area contributed by atoms with Crippen molar-refractivity contribution in [2.75, 3.05) is 13.2 Å². The van der Waals surface area contributed by atoms with Crippen molar-refractivity contribution in [2.24, 2.45) is 5.92 Å². The fourth-order valence-electron chi connectivity index (χ4n) is 2.77. The Balaban J connectivity index is 2.03. The molecule has 1 atom stereocenters. The van der Waals surface area contributed by atoms with Gasteiger partial charge in [0.15, 0.2) is 5.69 Å². The van der Waals surface area contributed by atoms with Gasteiger partial charge < -0.3 is 14.5 Å². The van der Waals surface area contributed by atoms with Crippen LogP contribution in [0, 0.1) is 5.92 Å². The van der Waals surface area contributed by atoms with Gasteiger partial charge in [-0.15, -0.1) is 0 Å². The van der Waals surface area contributed by atoms with Gasteiger partial charge in [0, 0.05) is 19.1 Å². The molecule has 1 amide bonds. The van der Waals surface area contributed by atoms with E-state index in [4.69, 9.17) is 9.15 Å². The van der Waals surface area contributed by atoms with E-state index in [0.717, 1.165) is 18.7 Å². The topological polar surface area (TPSA) is 67.6 Å². The van der Waals surface area contributed by atoms with Gasteiger partial charge in [-0.25, -0.2) is 4.98 Å². The molecule has 1 aromatic carbocycles. The molecule has 0 saturated carbocycles. The monoisotopic (exact) mass is 387 g/mol. The highest BCUT2D eigenvalue weighted by Gasteiger charge is 2.18. The summed E-state index contributed by atoms with van der Waals surface area (Å²) in [5.41, 5.74) is 1.53. The molecule has 0 aliphatic carbocycles. The number of nitrogens with zero attached hydrogens (tertiary/aromatic N) is 2. The molecule has 6 heteroatoms. The summed E-state index contributed by atoms with van der Waals surface area (Å²) < 4.78 is 11.1. The zero-order chi connectivity index (χ0) is 20.5. The van der Waals surface area contributed by atoms with Gasteiger partial charge in [-0.05, 0) is 43.9 Å². The fourth-order valence-corrected chi connectivity index (χ4v) is 2.77. The van der Waals surface area contributed by atoms with Crippen LogP contribution in [0.1, 0.15) is 63.0 Å². The highest BCUT2D eigenvalue weighted by molar-refractivity contribution is 5.91. The Hall–Kier alpha value is -2.34. The van der Waals surface area contributed by atoms with E-state index in [2.05, 4.69) is 55.0 Å². The van der Waals surface area contributed by atoms with Crippen molar-refractivity contribution in [3.63, 3.8) is 0 Å². The van der Waals surface area contributed by atoms with Crippen molar-refractivity contribution in [1.82, 2.24) is 15.2 Å². The molecule has 1 aromatic heterocycles. The van der Waals surface area contributed by atoms with E-state index >= 15 is 0 Å². The number of nitrogens with one attached hydrogen (secondary N) is 1. The van der Waals surface area contributed by atoms with Gasteiger partial charge in [-0.2, -0.15) is 0 Å². The largest absolute Gasteiger partial charge is 0.494 e. The number of rotatable bonds is 11. The SMILES string of the molecule is CCOc1ccc(CN(Cc2nc(C(=O)NCC(C)C)co2)[C@@H](C)CC)cc1. The normalized spacial score (nSPS) is 12.4. The molecule has 1 N–H and O–H groups in total. The Morgan fingerprint density at radius 2 is 1.89 bits per heavy atom. The Labute approximate surface area is 168 Å². The second-order valence-corrected chi connectivity index (χ2v) is 7.47. The number of hydrogen-bond acceptors (Lipinski definition) is 5. The van der Waals surface area contributed by atoms with Crippen LogP contribution in [0.2, 0.25) is 0 Å². The van der Waals surface area contributed by atoms with Crippen LogP contribution in [0.25, 0.3) is 0 Å². The predicted molar refractivity (Wildman–Crippen MR) is 110 cm³/mol. The van der Waals surface area contributed by atoms with E-state index in [1.165, 1.54) is 11.8 Å². The number of carbonyl (C=O) groups excluding carboxylic acids is 1. The maximum absolute atomic E-state index is 12.2. The summed E-state index contributed by atoms with van der Waals surface area (Å²) in [6.45, 7) is 13.1. The van der Waals surface area contributed by atoms with E-state index in [1.807, 2.05) is 19.1 Å². The Bertz CT molecular complexity index is 725. The van der Waals surface area contributed by atoms with E-state index in [-0.39, 0.29) is 5.91 Å². The van der Waals surface area contributed by atoms with E-state index in [0.29, 0.717) is 43.2 Å². The van der Waals surface area contributed by atoms with Crippen molar-refractivity contribution in [2.45, 2.75) is 60.2 Å². The highest BCUT2D eigenvalue weighted by Crippen LogP contribution is 2.18. The van der Waals surface area contributed by atoms with Gasteiger partial charge in [0.1, 0.15) is 12.0 Å². The average Bonchev–Trinajstić information content (AvgIpc) is 3.15. The summed E-state index contributed by atoms with van der Waals surface area (Å²) in [6.07, 6.45) is 2.45. The van der Waals surface area contributed by atoms with Crippen LogP contribution in [0.4, 0.5) is 0 Å². The first-order chi connectivity index (χ1) is 13.4. The third-order valence-electron chi connectivity index (χ3n) is 4.63. The molecule has 2 rings (SSSR count). The first-order valence-corrected chi connectivity index (χ1v) is 10.1. The Morgan fingerprint density at radius 3 is 2.50 bits per heavy atom. The number of benzene rings is 1. The third-order valence-corrected chi connectivity index (χ3v) is 4.63. The Morgan fingerprint density at radius 1 is 1.18 bits per heavy atom. The molecular weight excluding hydrogens is 354 g/mol. The number of hydrogen-bond donors (Lipinski definition) is 1. The quantitative estimate of drug-likeness (QED) is 0.624. The smallest absolute Gasteiger partial charge is 0.273 e. The number of ether oxygens (including phenoxy) is 1. The van der Waals surface area contributed by atoms with E-state index < -0.39 is 0 Å². The minimum Gasteiger partial charge on any atom is -0.494 e. The van der Waals surface area contributed by atoms with Crippen molar-refractivity contribution >= 4 is 5.91 Å². The lowest BCUT2D eigenvalue weighted by atomic mass is 10.1. The van der Waals surface area contributed by atoms with Crippen molar-refractivity contribution in [3.05, 3.63) is 47.7 Å². The molecule has 0 aliphatic rings. The molecule has 1 heterocycles. The van der Waals surface area contributed by atoms with Gasteiger partial charge in [-0.1, -0.05) is 32.9 Å². The molecular formula is C22H33N3O3. The van der Waals surface area contributed by atoms with Crippen LogP contribution in [0.15, 0.2) is 34.9 Å². The fraction of sp³-hybridized carbons (Fsp3) is 0.545. The first-order valence-electron chi connectivity index (χ1n) is 10.1. The van der Waals surface area contributed by atoms with Gasteiger partial charge in [-0.3, -0.25) is 9.69 Å². The molecule has 28 heavy (non-hydrogen) atoms. The van der Waals surface area contributed by atoms with Gasteiger partial charge >= 0.3 is 0 Å². The molecule has 0 spiro atoms. The van der Waals surface area contributed by atoms with Crippen LogP contribution in [-0.4, -0.2) is 35.0 Å². The highest BCUT2D eigenvalue weighted by atomic mass is 16.5. The zero-order valence-electron chi connectivity index (χ0n) is 17.7. The second kappa shape index (κ2) is 10.9. The standard InChI is InChI=1S/C22H33N3O3/c1-6-17(5)25(13-18-8-10-19(11-9-18)27-7-2)14-21-24-20(15-28-21)22(26)23-12-16(3)4/h8-11,15-17H,6-7,12-14H2,1-5H3,(H,23,26)/t17-/m0/s1. The molecule has 0 radical (unpaired) electrons. The Kier molecular flexibility index (Phi) is 8.51. The minimum atomic E-state index is -0.190. The average molecular weight is 388 g/mol. The van der Waals surface area contributed by atoms with Crippen molar-refractivity contribution in [1.29, 1.82) is 0 Å². The maximum Gasteiger partial charge on any atom is 0.273 e. The molecule has 0 saturated heterocycles. The second-order valence-electron chi connectivity index (χ2n) is 7.47. The summed E-state index contributed by atoms with van der Waals surface area (Å²) >= 11 is 0. The van der Waals surface area contributed by atoms with Gasteiger partial charge in [0.2, 0.25) is 5.89 Å². The lowest BCUT2D eigenvalue weighted by Crippen LogP contribution is -2.32.